The second kappa shape index (κ2) is 5.38. The third-order valence-corrected chi connectivity index (χ3v) is 5.36. The monoisotopic (exact) mass is 332 g/mol. The third kappa shape index (κ3) is 2.32. The van der Waals surface area contributed by atoms with Crippen molar-refractivity contribution in [2.24, 2.45) is 0 Å². The molecule has 2 aliphatic rings. The number of hydrogen-bond acceptors (Lipinski definition) is 2. The van der Waals surface area contributed by atoms with Gasteiger partial charge in [-0.25, -0.2) is 0 Å². The Hall–Kier alpha value is -2.75. The molecule has 25 heavy (non-hydrogen) atoms. The molecule has 126 valence electrons. The summed E-state index contributed by atoms with van der Waals surface area (Å²) in [5, 5.41) is 1.24. The van der Waals surface area contributed by atoms with Crippen molar-refractivity contribution in [1.29, 1.82) is 0 Å². The average molecular weight is 332 g/mol. The minimum atomic E-state index is -0.383. The van der Waals surface area contributed by atoms with Gasteiger partial charge in [-0.3, -0.25) is 4.79 Å². The van der Waals surface area contributed by atoms with Crippen LogP contribution < -0.4 is 4.74 Å². The highest BCUT2D eigenvalue weighted by Crippen LogP contribution is 2.32. The molecule has 0 fully saturated rings. The van der Waals surface area contributed by atoms with Crippen molar-refractivity contribution in [3.8, 4) is 5.75 Å². The van der Waals surface area contributed by atoms with Crippen molar-refractivity contribution in [3.63, 3.8) is 0 Å². The maximum atomic E-state index is 13.0. The van der Waals surface area contributed by atoms with Crippen LogP contribution >= 0.6 is 0 Å². The van der Waals surface area contributed by atoms with Gasteiger partial charge in [-0.1, -0.05) is 29.8 Å². The fourth-order valence-electron chi connectivity index (χ4n) is 4.04. The molecule has 0 saturated carbocycles. The maximum Gasteiger partial charge on any atom is 0.264 e. The number of ether oxygens (including phenoxy) is 1. The van der Waals surface area contributed by atoms with Crippen LogP contribution in [0.5, 0.6) is 5.75 Å². The second-order valence-electron chi connectivity index (χ2n) is 7.06. The number of H-pyrrole nitrogens is 1. The SMILES string of the molecule is Cc1ccc2[nH]c3c(c2c1)CN(C(=O)C1Cc2ccccc2O1)CC3. The number of nitrogens with zero attached hydrogens (tertiary/aromatic N) is 1. The highest BCUT2D eigenvalue weighted by Gasteiger charge is 2.34. The summed E-state index contributed by atoms with van der Waals surface area (Å²) in [6.45, 7) is 3.51. The smallest absolute Gasteiger partial charge is 0.264 e. The van der Waals surface area contributed by atoms with E-state index in [0.29, 0.717) is 13.0 Å². The van der Waals surface area contributed by atoms with Crippen LogP contribution in [0, 0.1) is 6.92 Å². The van der Waals surface area contributed by atoms with Gasteiger partial charge in [-0.15, -0.1) is 0 Å². The summed E-state index contributed by atoms with van der Waals surface area (Å²) in [6, 6.07) is 14.4. The number of amides is 1. The van der Waals surface area contributed by atoms with Gasteiger partial charge in [0.25, 0.3) is 5.91 Å². The van der Waals surface area contributed by atoms with Gasteiger partial charge in [0, 0.05) is 48.1 Å². The van der Waals surface area contributed by atoms with Crippen molar-refractivity contribution in [2.75, 3.05) is 6.54 Å². The van der Waals surface area contributed by atoms with Gasteiger partial charge in [0.2, 0.25) is 0 Å². The summed E-state index contributed by atoms with van der Waals surface area (Å²) in [7, 11) is 0. The first-order valence-corrected chi connectivity index (χ1v) is 8.82. The molecular weight excluding hydrogens is 312 g/mol. The molecule has 0 radical (unpaired) electrons. The van der Waals surface area contributed by atoms with Gasteiger partial charge in [-0.05, 0) is 30.7 Å². The van der Waals surface area contributed by atoms with Crippen molar-refractivity contribution >= 4 is 16.8 Å². The van der Waals surface area contributed by atoms with E-state index < -0.39 is 0 Å². The number of nitrogens with one attached hydrogen (secondary N) is 1. The largest absolute Gasteiger partial charge is 0.480 e. The zero-order chi connectivity index (χ0) is 17.0. The quantitative estimate of drug-likeness (QED) is 0.743. The number of para-hydroxylation sites is 1. The maximum absolute atomic E-state index is 13.0. The number of benzene rings is 2. The number of carbonyl (C=O) groups is 1. The molecular formula is C21H20N2O2. The van der Waals surface area contributed by atoms with Crippen LogP contribution in [-0.4, -0.2) is 28.4 Å². The zero-order valence-corrected chi connectivity index (χ0v) is 14.2. The number of hydrogen-bond donors (Lipinski definition) is 1. The highest BCUT2D eigenvalue weighted by molar-refractivity contribution is 5.87. The molecule has 2 aliphatic heterocycles. The molecule has 1 N–H and O–H groups in total. The first-order chi connectivity index (χ1) is 12.2. The van der Waals surface area contributed by atoms with E-state index in [4.69, 9.17) is 4.74 Å². The Morgan fingerprint density at radius 1 is 1.24 bits per heavy atom. The number of aromatic amines is 1. The number of rotatable bonds is 1. The lowest BCUT2D eigenvalue weighted by molar-refractivity contribution is -0.138. The van der Waals surface area contributed by atoms with E-state index in [2.05, 4.69) is 30.1 Å². The number of aryl methyl sites for hydroxylation is 1. The second-order valence-corrected chi connectivity index (χ2v) is 7.06. The average Bonchev–Trinajstić information content (AvgIpc) is 3.21. The van der Waals surface area contributed by atoms with Crippen LogP contribution in [0.15, 0.2) is 42.5 Å². The van der Waals surface area contributed by atoms with Crippen LogP contribution in [-0.2, 0) is 24.2 Å². The minimum Gasteiger partial charge on any atom is -0.480 e. The summed E-state index contributed by atoms with van der Waals surface area (Å²) in [4.78, 5) is 18.5. The van der Waals surface area contributed by atoms with Gasteiger partial charge in [-0.2, -0.15) is 0 Å². The Labute approximate surface area is 146 Å². The molecule has 0 aliphatic carbocycles. The van der Waals surface area contributed by atoms with Crippen LogP contribution in [0.1, 0.15) is 22.4 Å². The summed E-state index contributed by atoms with van der Waals surface area (Å²) in [6.07, 6.45) is 1.16. The van der Waals surface area contributed by atoms with E-state index in [-0.39, 0.29) is 12.0 Å². The van der Waals surface area contributed by atoms with E-state index in [1.807, 2.05) is 29.2 Å². The molecule has 4 nitrogen and oxygen atoms in total. The molecule has 1 amide bonds. The van der Waals surface area contributed by atoms with E-state index in [9.17, 15) is 4.79 Å². The Morgan fingerprint density at radius 3 is 3.00 bits per heavy atom. The molecule has 0 saturated heterocycles. The van der Waals surface area contributed by atoms with E-state index >= 15 is 0 Å². The molecule has 4 heteroatoms. The van der Waals surface area contributed by atoms with Gasteiger partial charge < -0.3 is 14.6 Å². The summed E-state index contributed by atoms with van der Waals surface area (Å²) in [5.74, 6) is 0.949. The number of aromatic nitrogens is 1. The molecule has 2 aromatic carbocycles. The standard InChI is InChI=1S/C21H20N2O2/c1-13-6-7-17-15(10-13)16-12-23(9-8-18(16)22-17)21(24)20-11-14-4-2-3-5-19(14)25-20/h2-7,10,20,22H,8-9,11-12H2,1H3. The predicted molar refractivity (Wildman–Crippen MR) is 96.7 cm³/mol. The van der Waals surface area contributed by atoms with Gasteiger partial charge in [0.1, 0.15) is 5.75 Å². The zero-order valence-electron chi connectivity index (χ0n) is 14.2. The lowest BCUT2D eigenvalue weighted by Crippen LogP contribution is -2.43. The Bertz CT molecular complexity index is 964. The van der Waals surface area contributed by atoms with E-state index in [0.717, 1.165) is 29.8 Å². The Morgan fingerprint density at radius 2 is 2.12 bits per heavy atom. The van der Waals surface area contributed by atoms with Crippen LogP contribution in [0.2, 0.25) is 0 Å². The first-order valence-electron chi connectivity index (χ1n) is 8.82. The summed E-state index contributed by atoms with van der Waals surface area (Å²) >= 11 is 0. The van der Waals surface area contributed by atoms with Crippen molar-refractivity contribution in [2.45, 2.75) is 32.4 Å². The Balaban J connectivity index is 1.41. The topological polar surface area (TPSA) is 45.3 Å². The van der Waals surface area contributed by atoms with Gasteiger partial charge >= 0.3 is 0 Å². The normalized spacial score (nSPS) is 18.8. The Kier molecular flexibility index (Phi) is 3.14. The lowest BCUT2D eigenvalue weighted by atomic mass is 10.0. The van der Waals surface area contributed by atoms with Gasteiger partial charge in [0.15, 0.2) is 6.10 Å². The molecule has 5 rings (SSSR count). The molecule has 3 heterocycles. The summed E-state index contributed by atoms with van der Waals surface area (Å²) in [5.41, 5.74) is 6.05. The molecule has 3 aromatic rings. The van der Waals surface area contributed by atoms with Crippen molar-refractivity contribution in [1.82, 2.24) is 9.88 Å². The molecule has 0 spiro atoms. The minimum absolute atomic E-state index is 0.101. The molecule has 1 atom stereocenters. The molecule has 0 bridgehead atoms. The fraction of sp³-hybridized carbons (Fsp3) is 0.286. The first kappa shape index (κ1) is 14.6. The molecule has 1 aromatic heterocycles. The van der Waals surface area contributed by atoms with Gasteiger partial charge in [0.05, 0.1) is 0 Å². The summed E-state index contributed by atoms with van der Waals surface area (Å²) < 4.78 is 5.90. The highest BCUT2D eigenvalue weighted by atomic mass is 16.5. The number of carbonyl (C=O) groups excluding carboxylic acids is 1. The van der Waals surface area contributed by atoms with Crippen molar-refractivity contribution in [3.05, 3.63) is 64.8 Å². The van der Waals surface area contributed by atoms with E-state index in [1.165, 1.54) is 22.2 Å². The van der Waals surface area contributed by atoms with Crippen LogP contribution in [0.25, 0.3) is 10.9 Å². The van der Waals surface area contributed by atoms with Crippen LogP contribution in [0.4, 0.5) is 0 Å². The third-order valence-electron chi connectivity index (χ3n) is 5.36. The van der Waals surface area contributed by atoms with Crippen molar-refractivity contribution < 1.29 is 9.53 Å². The number of fused-ring (bicyclic) bond motifs is 4. The lowest BCUT2D eigenvalue weighted by Gasteiger charge is -2.29. The molecule has 1 unspecified atom stereocenters. The fourth-order valence-corrected chi connectivity index (χ4v) is 4.04. The van der Waals surface area contributed by atoms with Crippen LogP contribution in [0.3, 0.4) is 0 Å². The van der Waals surface area contributed by atoms with E-state index in [1.54, 1.807) is 0 Å². The predicted octanol–water partition coefficient (Wildman–Crippen LogP) is 3.36.